The molecule has 0 saturated heterocycles. The molecule has 2 nitrogen and oxygen atoms in total. The van der Waals surface area contributed by atoms with Crippen molar-refractivity contribution in [3.8, 4) is 5.75 Å². The van der Waals surface area contributed by atoms with Gasteiger partial charge in [0.2, 0.25) is 0 Å². The summed E-state index contributed by atoms with van der Waals surface area (Å²) >= 11 is 5.72. The molecule has 100 valence electrons. The van der Waals surface area contributed by atoms with E-state index in [2.05, 4.69) is 0 Å². The Balaban J connectivity index is 2.50. The van der Waals surface area contributed by atoms with Gasteiger partial charge in [0.15, 0.2) is 11.9 Å². The highest BCUT2D eigenvalue weighted by Crippen LogP contribution is 2.23. The van der Waals surface area contributed by atoms with Gasteiger partial charge >= 0.3 is 6.18 Å². The van der Waals surface area contributed by atoms with E-state index in [1.54, 1.807) is 18.2 Å². The fourth-order valence-electron chi connectivity index (χ4n) is 1.28. The molecule has 1 atom stereocenters. The molecule has 1 aromatic rings. The summed E-state index contributed by atoms with van der Waals surface area (Å²) in [5.74, 6) is -0.234. The van der Waals surface area contributed by atoms with E-state index in [9.17, 15) is 18.0 Å². The van der Waals surface area contributed by atoms with Gasteiger partial charge in [0.1, 0.15) is 5.75 Å². The lowest BCUT2D eigenvalue weighted by atomic mass is 10.1. The summed E-state index contributed by atoms with van der Waals surface area (Å²) in [7, 11) is 0. The molecule has 6 heteroatoms. The Labute approximate surface area is 108 Å². The summed E-state index contributed by atoms with van der Waals surface area (Å²) in [6.45, 7) is 1.42. The maximum absolute atomic E-state index is 11.9. The molecule has 0 aliphatic carbocycles. The maximum atomic E-state index is 11.9. The zero-order valence-corrected chi connectivity index (χ0v) is 10.4. The molecular formula is C12H12ClF3O2. The summed E-state index contributed by atoms with van der Waals surface area (Å²) in [4.78, 5) is 11.4. The Morgan fingerprint density at radius 1 is 1.44 bits per heavy atom. The highest BCUT2D eigenvalue weighted by Gasteiger charge is 2.29. The quantitative estimate of drug-likeness (QED) is 0.814. The highest BCUT2D eigenvalue weighted by atomic mass is 35.5. The van der Waals surface area contributed by atoms with Crippen molar-refractivity contribution < 1.29 is 22.7 Å². The van der Waals surface area contributed by atoms with Crippen LogP contribution in [-0.4, -0.2) is 18.1 Å². The molecule has 0 heterocycles. The summed E-state index contributed by atoms with van der Waals surface area (Å²) in [6, 6.07) is 6.34. The lowest BCUT2D eigenvalue weighted by Gasteiger charge is -2.14. The predicted octanol–water partition coefficient (Wildman–Crippen LogP) is 4.02. The van der Waals surface area contributed by atoms with Gasteiger partial charge in [-0.15, -0.1) is 0 Å². The van der Waals surface area contributed by atoms with Crippen LogP contribution in [0, 0.1) is 0 Å². The first-order chi connectivity index (χ1) is 8.28. The van der Waals surface area contributed by atoms with Crippen LogP contribution in [0.25, 0.3) is 0 Å². The minimum Gasteiger partial charge on any atom is -0.483 e. The van der Waals surface area contributed by atoms with Gasteiger partial charge in [-0.2, -0.15) is 13.2 Å². The molecule has 0 radical (unpaired) electrons. The van der Waals surface area contributed by atoms with Crippen LogP contribution < -0.4 is 4.74 Å². The molecule has 0 bridgehead atoms. The van der Waals surface area contributed by atoms with Crippen LogP contribution in [0.2, 0.25) is 5.02 Å². The van der Waals surface area contributed by atoms with E-state index in [4.69, 9.17) is 16.3 Å². The Kier molecular flexibility index (Phi) is 5.02. The van der Waals surface area contributed by atoms with Crippen LogP contribution in [-0.2, 0) is 4.79 Å². The maximum Gasteiger partial charge on any atom is 0.389 e. The molecule has 0 fully saturated rings. The number of ketones is 1. The number of hydrogen-bond acceptors (Lipinski definition) is 2. The lowest BCUT2D eigenvalue weighted by Crippen LogP contribution is -2.25. The number of benzene rings is 1. The normalized spacial score (nSPS) is 13.2. The molecule has 0 aromatic heterocycles. The van der Waals surface area contributed by atoms with Gasteiger partial charge in [0.05, 0.1) is 6.42 Å². The van der Waals surface area contributed by atoms with Crippen molar-refractivity contribution in [2.24, 2.45) is 0 Å². The van der Waals surface area contributed by atoms with Crippen molar-refractivity contribution in [1.82, 2.24) is 0 Å². The van der Waals surface area contributed by atoms with Crippen molar-refractivity contribution in [2.75, 3.05) is 0 Å². The SMILES string of the molecule is CC(Oc1cccc(Cl)c1)C(=O)CCC(F)(F)F. The van der Waals surface area contributed by atoms with Crippen LogP contribution in [0.15, 0.2) is 24.3 Å². The fourth-order valence-corrected chi connectivity index (χ4v) is 1.46. The second-order valence-corrected chi connectivity index (χ2v) is 4.24. The largest absolute Gasteiger partial charge is 0.483 e. The number of Topliss-reactive ketones (excluding diaryl/α,β-unsaturated/α-hetero) is 1. The fraction of sp³-hybridized carbons (Fsp3) is 0.417. The van der Waals surface area contributed by atoms with E-state index in [1.807, 2.05) is 0 Å². The Morgan fingerprint density at radius 3 is 2.67 bits per heavy atom. The van der Waals surface area contributed by atoms with Crippen LogP contribution in [0.1, 0.15) is 19.8 Å². The number of rotatable bonds is 5. The van der Waals surface area contributed by atoms with E-state index in [1.165, 1.54) is 13.0 Å². The second-order valence-electron chi connectivity index (χ2n) is 3.80. The summed E-state index contributed by atoms with van der Waals surface area (Å²) in [5.41, 5.74) is 0. The van der Waals surface area contributed by atoms with E-state index in [0.717, 1.165) is 0 Å². The third-order valence-electron chi connectivity index (χ3n) is 2.22. The van der Waals surface area contributed by atoms with Crippen molar-refractivity contribution >= 4 is 17.4 Å². The molecule has 0 spiro atoms. The van der Waals surface area contributed by atoms with Gasteiger partial charge in [0, 0.05) is 11.4 Å². The van der Waals surface area contributed by atoms with Gasteiger partial charge in [0.25, 0.3) is 0 Å². The average molecular weight is 281 g/mol. The molecular weight excluding hydrogens is 269 g/mol. The first kappa shape index (κ1) is 14.8. The van der Waals surface area contributed by atoms with Crippen molar-refractivity contribution in [1.29, 1.82) is 0 Å². The molecule has 0 aliphatic rings. The zero-order valence-electron chi connectivity index (χ0n) is 9.63. The highest BCUT2D eigenvalue weighted by molar-refractivity contribution is 6.30. The van der Waals surface area contributed by atoms with Crippen LogP contribution in [0.5, 0.6) is 5.75 Å². The number of alkyl halides is 3. The average Bonchev–Trinajstić information content (AvgIpc) is 2.24. The number of halogens is 4. The Bertz CT molecular complexity index is 418. The van der Waals surface area contributed by atoms with Crippen LogP contribution in [0.3, 0.4) is 0 Å². The molecule has 18 heavy (non-hydrogen) atoms. The first-order valence-corrected chi connectivity index (χ1v) is 5.67. The summed E-state index contributed by atoms with van der Waals surface area (Å²) in [5, 5.41) is 0.433. The van der Waals surface area contributed by atoms with Crippen LogP contribution in [0.4, 0.5) is 13.2 Å². The van der Waals surface area contributed by atoms with Gasteiger partial charge < -0.3 is 4.74 Å². The van der Waals surface area contributed by atoms with E-state index in [0.29, 0.717) is 10.8 Å². The topological polar surface area (TPSA) is 26.3 Å². The monoisotopic (exact) mass is 280 g/mol. The van der Waals surface area contributed by atoms with E-state index >= 15 is 0 Å². The summed E-state index contributed by atoms with van der Waals surface area (Å²) in [6.07, 6.45) is -6.96. The minimum absolute atomic E-state index is 0.357. The summed E-state index contributed by atoms with van der Waals surface area (Å²) < 4.78 is 41.1. The van der Waals surface area contributed by atoms with Gasteiger partial charge in [-0.1, -0.05) is 17.7 Å². The minimum atomic E-state index is -4.33. The van der Waals surface area contributed by atoms with Gasteiger partial charge in [-0.25, -0.2) is 0 Å². The van der Waals surface area contributed by atoms with Crippen molar-refractivity contribution in [2.45, 2.75) is 32.0 Å². The first-order valence-electron chi connectivity index (χ1n) is 5.29. The number of ether oxygens (including phenoxy) is 1. The molecule has 0 amide bonds. The zero-order chi connectivity index (χ0) is 13.8. The molecule has 1 rings (SSSR count). The second kappa shape index (κ2) is 6.09. The Morgan fingerprint density at radius 2 is 2.11 bits per heavy atom. The smallest absolute Gasteiger partial charge is 0.389 e. The predicted molar refractivity (Wildman–Crippen MR) is 61.8 cm³/mol. The number of hydrogen-bond donors (Lipinski definition) is 0. The van der Waals surface area contributed by atoms with E-state index in [-0.39, 0.29) is 0 Å². The van der Waals surface area contributed by atoms with Gasteiger partial charge in [-0.05, 0) is 25.1 Å². The standard InChI is InChI=1S/C12H12ClF3O2/c1-8(11(17)5-6-12(14,15)16)18-10-4-2-3-9(13)7-10/h2-4,7-8H,5-6H2,1H3. The molecule has 1 aromatic carbocycles. The molecule has 0 saturated carbocycles. The Hall–Kier alpha value is -1.23. The number of carbonyl (C=O) groups excluding carboxylic acids is 1. The number of carbonyl (C=O) groups is 1. The van der Waals surface area contributed by atoms with Crippen molar-refractivity contribution in [3.63, 3.8) is 0 Å². The van der Waals surface area contributed by atoms with Crippen molar-refractivity contribution in [3.05, 3.63) is 29.3 Å². The molecule has 0 aliphatic heterocycles. The molecule has 0 N–H and O–H groups in total. The molecule has 1 unspecified atom stereocenters. The van der Waals surface area contributed by atoms with Crippen LogP contribution >= 0.6 is 11.6 Å². The third kappa shape index (κ3) is 5.40. The third-order valence-corrected chi connectivity index (χ3v) is 2.45. The lowest BCUT2D eigenvalue weighted by molar-refractivity contribution is -0.145. The van der Waals surface area contributed by atoms with Gasteiger partial charge in [-0.3, -0.25) is 4.79 Å². The van der Waals surface area contributed by atoms with E-state index < -0.39 is 30.9 Å².